The quantitative estimate of drug-likeness (QED) is 0.871. The molecule has 0 aromatic heterocycles. The van der Waals surface area contributed by atoms with Crippen LogP contribution in [0.4, 0.5) is 0 Å². The summed E-state index contributed by atoms with van der Waals surface area (Å²) in [5.41, 5.74) is 2.49. The van der Waals surface area contributed by atoms with Gasteiger partial charge in [-0.25, -0.2) is 0 Å². The lowest BCUT2D eigenvalue weighted by Gasteiger charge is -2.18. The second kappa shape index (κ2) is 6.73. The Labute approximate surface area is 122 Å². The molecular weight excluding hydrogens is 302 g/mol. The van der Waals surface area contributed by atoms with Gasteiger partial charge in [0.15, 0.2) is 0 Å². The normalized spacial score (nSPS) is 12.3. The van der Waals surface area contributed by atoms with Crippen LogP contribution in [0.5, 0.6) is 5.75 Å². The molecule has 0 amide bonds. The minimum absolute atomic E-state index is 0.294. The summed E-state index contributed by atoms with van der Waals surface area (Å²) >= 11 is 3.46. The Morgan fingerprint density at radius 3 is 2.26 bits per heavy atom. The summed E-state index contributed by atoms with van der Waals surface area (Å²) in [6, 6.07) is 16.1. The molecule has 100 valence electrons. The average molecular weight is 320 g/mol. The van der Waals surface area contributed by atoms with E-state index in [0.717, 1.165) is 17.4 Å². The van der Waals surface area contributed by atoms with E-state index in [1.54, 1.807) is 12.1 Å². The van der Waals surface area contributed by atoms with Crippen LogP contribution in [0.1, 0.15) is 24.1 Å². The predicted octanol–water partition coefficient (Wildman–Crippen LogP) is 4.05. The van der Waals surface area contributed by atoms with Gasteiger partial charge in [0.1, 0.15) is 5.75 Å². The zero-order chi connectivity index (χ0) is 13.7. The lowest BCUT2D eigenvalue weighted by molar-refractivity contribution is 0.474. The summed E-state index contributed by atoms with van der Waals surface area (Å²) < 4.78 is 1.09. The van der Waals surface area contributed by atoms with E-state index in [9.17, 15) is 5.11 Å². The van der Waals surface area contributed by atoms with Crippen molar-refractivity contribution in [1.82, 2.24) is 5.32 Å². The molecule has 0 saturated heterocycles. The van der Waals surface area contributed by atoms with Gasteiger partial charge in [-0.3, -0.25) is 0 Å². The lowest BCUT2D eigenvalue weighted by Crippen LogP contribution is -2.22. The van der Waals surface area contributed by atoms with Gasteiger partial charge in [0.2, 0.25) is 0 Å². The number of rotatable bonds is 5. The Balaban J connectivity index is 2.15. The smallest absolute Gasteiger partial charge is 0.115 e. The third kappa shape index (κ3) is 4.08. The van der Waals surface area contributed by atoms with E-state index in [1.165, 1.54) is 11.1 Å². The molecule has 0 fully saturated rings. The topological polar surface area (TPSA) is 32.3 Å². The molecule has 19 heavy (non-hydrogen) atoms. The van der Waals surface area contributed by atoms with Gasteiger partial charge in [0.05, 0.1) is 0 Å². The molecular formula is C16H18BrNO. The van der Waals surface area contributed by atoms with Crippen molar-refractivity contribution in [2.45, 2.75) is 19.4 Å². The Morgan fingerprint density at radius 2 is 1.68 bits per heavy atom. The third-order valence-corrected chi connectivity index (χ3v) is 3.63. The van der Waals surface area contributed by atoms with Crippen LogP contribution in [0.15, 0.2) is 53.0 Å². The first-order valence-corrected chi connectivity index (χ1v) is 7.25. The number of hydrogen-bond acceptors (Lipinski definition) is 2. The number of hydrogen-bond donors (Lipinski definition) is 2. The average Bonchev–Trinajstić information content (AvgIpc) is 2.42. The van der Waals surface area contributed by atoms with Gasteiger partial charge in [0.25, 0.3) is 0 Å². The maximum absolute atomic E-state index is 9.32. The standard InChI is InChI=1S/C16H18BrNO/c1-2-18-16(13-5-7-14(17)8-6-13)11-12-3-9-15(19)10-4-12/h3-10,16,18-19H,2,11H2,1H3. The van der Waals surface area contributed by atoms with Crippen LogP contribution in [0.2, 0.25) is 0 Å². The molecule has 2 N–H and O–H groups in total. The van der Waals surface area contributed by atoms with E-state index >= 15 is 0 Å². The van der Waals surface area contributed by atoms with Crippen LogP contribution in [0.3, 0.4) is 0 Å². The van der Waals surface area contributed by atoms with Crippen LogP contribution in [0.25, 0.3) is 0 Å². The van der Waals surface area contributed by atoms with Gasteiger partial charge in [-0.15, -0.1) is 0 Å². The molecule has 0 aliphatic carbocycles. The molecule has 3 heteroatoms. The number of nitrogens with one attached hydrogen (secondary N) is 1. The third-order valence-electron chi connectivity index (χ3n) is 3.10. The highest BCUT2D eigenvalue weighted by Gasteiger charge is 2.11. The van der Waals surface area contributed by atoms with Crippen LogP contribution in [0, 0.1) is 0 Å². The molecule has 0 saturated carbocycles. The SMILES string of the molecule is CCNC(Cc1ccc(O)cc1)c1ccc(Br)cc1. The fourth-order valence-corrected chi connectivity index (χ4v) is 2.38. The molecule has 0 heterocycles. The van der Waals surface area contributed by atoms with Crippen molar-refractivity contribution < 1.29 is 5.11 Å². The Bertz CT molecular complexity index is 507. The molecule has 0 spiro atoms. The highest BCUT2D eigenvalue weighted by molar-refractivity contribution is 9.10. The number of halogens is 1. The molecule has 2 rings (SSSR count). The maximum Gasteiger partial charge on any atom is 0.115 e. The maximum atomic E-state index is 9.32. The largest absolute Gasteiger partial charge is 0.508 e. The van der Waals surface area contributed by atoms with Gasteiger partial charge >= 0.3 is 0 Å². The molecule has 1 unspecified atom stereocenters. The second-order valence-corrected chi connectivity index (χ2v) is 5.45. The van der Waals surface area contributed by atoms with Crippen molar-refractivity contribution in [3.8, 4) is 5.75 Å². The van der Waals surface area contributed by atoms with Crippen molar-refractivity contribution in [1.29, 1.82) is 0 Å². The van der Waals surface area contributed by atoms with E-state index in [2.05, 4.69) is 52.4 Å². The summed E-state index contributed by atoms with van der Waals surface area (Å²) in [6.07, 6.45) is 0.912. The van der Waals surface area contributed by atoms with Crippen LogP contribution in [-0.4, -0.2) is 11.7 Å². The first kappa shape index (κ1) is 14.1. The number of benzene rings is 2. The second-order valence-electron chi connectivity index (χ2n) is 4.53. The summed E-state index contributed by atoms with van der Waals surface area (Å²) in [5.74, 6) is 0.312. The van der Waals surface area contributed by atoms with Gasteiger partial charge in [0, 0.05) is 10.5 Å². The number of phenolic OH excluding ortho intramolecular Hbond substituents is 1. The summed E-state index contributed by atoms with van der Waals surface area (Å²) in [6.45, 7) is 3.04. The number of phenols is 1. The van der Waals surface area contributed by atoms with E-state index < -0.39 is 0 Å². The van der Waals surface area contributed by atoms with Gasteiger partial charge in [-0.2, -0.15) is 0 Å². The fourth-order valence-electron chi connectivity index (χ4n) is 2.12. The van der Waals surface area contributed by atoms with Crippen LogP contribution >= 0.6 is 15.9 Å². The van der Waals surface area contributed by atoms with E-state index in [4.69, 9.17) is 0 Å². The molecule has 2 aromatic carbocycles. The van der Waals surface area contributed by atoms with Crippen molar-refractivity contribution >= 4 is 15.9 Å². The summed E-state index contributed by atoms with van der Waals surface area (Å²) in [5, 5.41) is 12.8. The minimum atomic E-state index is 0.294. The van der Waals surface area contributed by atoms with E-state index in [0.29, 0.717) is 11.8 Å². The first-order chi connectivity index (χ1) is 9.19. The van der Waals surface area contributed by atoms with E-state index in [1.807, 2.05) is 12.1 Å². The lowest BCUT2D eigenvalue weighted by atomic mass is 9.99. The van der Waals surface area contributed by atoms with Crippen molar-refractivity contribution in [2.24, 2.45) is 0 Å². The van der Waals surface area contributed by atoms with Gasteiger partial charge in [-0.05, 0) is 48.4 Å². The summed E-state index contributed by atoms with van der Waals surface area (Å²) in [4.78, 5) is 0. The van der Waals surface area contributed by atoms with Crippen LogP contribution in [-0.2, 0) is 6.42 Å². The highest BCUT2D eigenvalue weighted by atomic mass is 79.9. The molecule has 1 atom stereocenters. The Kier molecular flexibility index (Phi) is 5.00. The van der Waals surface area contributed by atoms with Gasteiger partial charge < -0.3 is 10.4 Å². The molecule has 0 radical (unpaired) electrons. The number of likely N-dealkylation sites (N-methyl/N-ethyl adjacent to an activating group) is 1. The predicted molar refractivity (Wildman–Crippen MR) is 82.4 cm³/mol. The highest BCUT2D eigenvalue weighted by Crippen LogP contribution is 2.21. The fraction of sp³-hybridized carbons (Fsp3) is 0.250. The zero-order valence-electron chi connectivity index (χ0n) is 10.9. The Morgan fingerprint density at radius 1 is 1.05 bits per heavy atom. The molecule has 0 bridgehead atoms. The minimum Gasteiger partial charge on any atom is -0.508 e. The monoisotopic (exact) mass is 319 g/mol. The van der Waals surface area contributed by atoms with Crippen molar-refractivity contribution in [3.63, 3.8) is 0 Å². The molecule has 2 nitrogen and oxygen atoms in total. The first-order valence-electron chi connectivity index (χ1n) is 6.46. The van der Waals surface area contributed by atoms with Crippen molar-refractivity contribution in [2.75, 3.05) is 6.54 Å². The van der Waals surface area contributed by atoms with Crippen LogP contribution < -0.4 is 5.32 Å². The van der Waals surface area contributed by atoms with E-state index in [-0.39, 0.29) is 0 Å². The molecule has 0 aliphatic heterocycles. The number of aromatic hydroxyl groups is 1. The summed E-state index contributed by atoms with van der Waals surface area (Å²) in [7, 11) is 0. The molecule has 2 aromatic rings. The molecule has 0 aliphatic rings. The zero-order valence-corrected chi connectivity index (χ0v) is 12.5. The van der Waals surface area contributed by atoms with Crippen molar-refractivity contribution in [3.05, 3.63) is 64.1 Å². The Hall–Kier alpha value is -1.32. The van der Waals surface area contributed by atoms with Gasteiger partial charge in [-0.1, -0.05) is 47.1 Å².